The van der Waals surface area contributed by atoms with Gasteiger partial charge in [-0.25, -0.2) is 0 Å². The summed E-state index contributed by atoms with van der Waals surface area (Å²) in [5.41, 5.74) is 3.64. The molecule has 3 nitrogen and oxygen atoms in total. The average molecular weight is 301 g/mol. The highest BCUT2D eigenvalue weighted by Crippen LogP contribution is 2.23. The number of aryl methyl sites for hydroxylation is 3. The zero-order valence-corrected chi connectivity index (χ0v) is 13.3. The minimum Gasteiger partial charge on any atom is -0.291 e. The molecule has 2 aromatic rings. The van der Waals surface area contributed by atoms with Gasteiger partial charge in [0.15, 0.2) is 12.4 Å². The van der Waals surface area contributed by atoms with Crippen molar-refractivity contribution < 1.29 is 13.9 Å². The van der Waals surface area contributed by atoms with Crippen LogP contribution in [0.2, 0.25) is 0 Å². The van der Waals surface area contributed by atoms with Crippen molar-refractivity contribution in [2.45, 2.75) is 20.8 Å². The molecule has 1 atom stereocenters. The molecule has 0 saturated carbocycles. The van der Waals surface area contributed by atoms with Gasteiger partial charge in [-0.05, 0) is 48.6 Å². The lowest BCUT2D eigenvalue weighted by Gasteiger charge is -2.08. The van der Waals surface area contributed by atoms with E-state index in [4.69, 9.17) is 4.52 Å². The third-order valence-corrected chi connectivity index (χ3v) is 4.32. The van der Waals surface area contributed by atoms with Gasteiger partial charge in [-0.3, -0.25) is 4.79 Å². The van der Waals surface area contributed by atoms with Crippen molar-refractivity contribution in [3.8, 4) is 0 Å². The summed E-state index contributed by atoms with van der Waals surface area (Å²) >= 11 is 0. The number of benzene rings is 2. The summed E-state index contributed by atoms with van der Waals surface area (Å²) in [7, 11) is -1.99. The van der Waals surface area contributed by atoms with E-state index >= 15 is 0 Å². The van der Waals surface area contributed by atoms with Gasteiger partial charge in [0.1, 0.15) is 0 Å². The van der Waals surface area contributed by atoms with E-state index < -0.39 is 8.03 Å². The molecule has 0 aliphatic rings. The van der Waals surface area contributed by atoms with Crippen LogP contribution in [0.3, 0.4) is 0 Å². The number of ketones is 1. The lowest BCUT2D eigenvalue weighted by molar-refractivity contribution is 0.0926. The summed E-state index contributed by atoms with van der Waals surface area (Å²) in [6.07, 6.45) is 0. The molecule has 0 heterocycles. The van der Waals surface area contributed by atoms with Gasteiger partial charge in [0.25, 0.3) is 0 Å². The molecule has 0 spiro atoms. The zero-order valence-electron chi connectivity index (χ0n) is 12.4. The molecular formula is C17H18O3P+. The highest BCUT2D eigenvalue weighted by molar-refractivity contribution is 7.48. The van der Waals surface area contributed by atoms with Crippen LogP contribution in [-0.2, 0) is 9.09 Å². The van der Waals surface area contributed by atoms with Gasteiger partial charge < -0.3 is 0 Å². The Balaban J connectivity index is 2.08. The van der Waals surface area contributed by atoms with E-state index in [2.05, 4.69) is 0 Å². The maximum atomic E-state index is 12.3. The van der Waals surface area contributed by atoms with Crippen LogP contribution in [0.1, 0.15) is 27.0 Å². The Morgan fingerprint density at radius 2 is 1.62 bits per heavy atom. The van der Waals surface area contributed by atoms with Gasteiger partial charge in [-0.1, -0.05) is 35.9 Å². The number of carbonyl (C=O) groups excluding carboxylic acids is 1. The second kappa shape index (κ2) is 6.75. The average Bonchev–Trinajstić information content (AvgIpc) is 2.44. The van der Waals surface area contributed by atoms with E-state index in [1.165, 1.54) is 0 Å². The summed E-state index contributed by atoms with van der Waals surface area (Å²) in [5.74, 6) is -0.135. The Morgan fingerprint density at radius 1 is 1.05 bits per heavy atom. The van der Waals surface area contributed by atoms with Crippen molar-refractivity contribution in [3.63, 3.8) is 0 Å². The molecule has 0 fully saturated rings. The van der Waals surface area contributed by atoms with Crippen LogP contribution < -0.4 is 5.30 Å². The molecule has 2 rings (SSSR count). The van der Waals surface area contributed by atoms with Crippen molar-refractivity contribution in [1.82, 2.24) is 0 Å². The molecule has 108 valence electrons. The normalized spacial score (nSPS) is 11.3. The van der Waals surface area contributed by atoms with Crippen molar-refractivity contribution in [2.24, 2.45) is 0 Å². The molecule has 0 aromatic heterocycles. The monoisotopic (exact) mass is 301 g/mol. The van der Waals surface area contributed by atoms with Crippen LogP contribution in [0.5, 0.6) is 0 Å². The van der Waals surface area contributed by atoms with Gasteiger partial charge >= 0.3 is 8.03 Å². The third kappa shape index (κ3) is 3.84. The maximum Gasteiger partial charge on any atom is 0.549 e. The minimum atomic E-state index is -1.99. The Kier molecular flexibility index (Phi) is 5.00. The van der Waals surface area contributed by atoms with Crippen LogP contribution in [0.25, 0.3) is 0 Å². The van der Waals surface area contributed by atoms with Gasteiger partial charge in [0.05, 0.1) is 0 Å². The van der Waals surface area contributed by atoms with Crippen LogP contribution in [0.4, 0.5) is 0 Å². The highest BCUT2D eigenvalue weighted by Gasteiger charge is 2.24. The van der Waals surface area contributed by atoms with Crippen LogP contribution >= 0.6 is 8.03 Å². The molecular weight excluding hydrogens is 283 g/mol. The lowest BCUT2D eigenvalue weighted by atomic mass is 9.97. The fourth-order valence-corrected chi connectivity index (χ4v) is 3.23. The molecule has 1 unspecified atom stereocenters. The fraction of sp³-hybridized carbons (Fsp3) is 0.235. The number of rotatable bonds is 5. The zero-order chi connectivity index (χ0) is 15.4. The first kappa shape index (κ1) is 15.6. The summed E-state index contributed by atoms with van der Waals surface area (Å²) in [4.78, 5) is 12.3. The number of Topliss-reactive ketones (excluding diaryl/α,β-unsaturated/α-hetero) is 1. The van der Waals surface area contributed by atoms with Crippen molar-refractivity contribution >= 4 is 19.1 Å². The Bertz CT molecular complexity index is 655. The molecule has 4 heteroatoms. The van der Waals surface area contributed by atoms with E-state index in [0.717, 1.165) is 16.7 Å². The second-order valence-electron chi connectivity index (χ2n) is 5.06. The molecule has 21 heavy (non-hydrogen) atoms. The number of hydrogen-bond donors (Lipinski definition) is 0. The van der Waals surface area contributed by atoms with E-state index in [0.29, 0.717) is 10.9 Å². The summed E-state index contributed by atoms with van der Waals surface area (Å²) in [6, 6.07) is 12.8. The quantitative estimate of drug-likeness (QED) is 0.622. The van der Waals surface area contributed by atoms with E-state index in [1.54, 1.807) is 24.3 Å². The molecule has 0 amide bonds. The van der Waals surface area contributed by atoms with Crippen molar-refractivity contribution in [3.05, 3.63) is 64.7 Å². The first-order valence-corrected chi connectivity index (χ1v) is 7.93. The van der Waals surface area contributed by atoms with E-state index in [1.807, 2.05) is 39.0 Å². The lowest BCUT2D eigenvalue weighted by Crippen LogP contribution is -2.12. The summed E-state index contributed by atoms with van der Waals surface area (Å²) in [6.45, 7) is 5.64. The molecule has 0 aliphatic heterocycles. The standard InChI is InChI=1S/C17H18O3P/c1-12-9-13(2)17(14(3)10-12)16(18)11-20-21(19)15-7-5-4-6-8-15/h4-10H,11H2,1-3H3/q+1. The first-order valence-electron chi connectivity index (χ1n) is 6.75. The van der Waals surface area contributed by atoms with E-state index in [9.17, 15) is 9.36 Å². The summed E-state index contributed by atoms with van der Waals surface area (Å²) < 4.78 is 17.2. The smallest absolute Gasteiger partial charge is 0.291 e. The molecule has 0 bridgehead atoms. The minimum absolute atomic E-state index is 0.135. The van der Waals surface area contributed by atoms with Gasteiger partial charge in [0, 0.05) is 5.56 Å². The number of hydrogen-bond acceptors (Lipinski definition) is 3. The Hall–Kier alpha value is -1.83. The fourth-order valence-electron chi connectivity index (χ4n) is 2.43. The third-order valence-electron chi connectivity index (χ3n) is 3.24. The molecule has 0 aliphatic carbocycles. The van der Waals surface area contributed by atoms with Gasteiger partial charge in [0.2, 0.25) is 5.30 Å². The van der Waals surface area contributed by atoms with Crippen LogP contribution in [0, 0.1) is 20.8 Å². The predicted octanol–water partition coefficient (Wildman–Crippen LogP) is 3.88. The van der Waals surface area contributed by atoms with Crippen molar-refractivity contribution in [2.75, 3.05) is 6.61 Å². The largest absolute Gasteiger partial charge is 0.549 e. The molecule has 2 aromatic carbocycles. The van der Waals surface area contributed by atoms with Crippen LogP contribution in [0.15, 0.2) is 42.5 Å². The number of carbonyl (C=O) groups is 1. The topological polar surface area (TPSA) is 43.4 Å². The van der Waals surface area contributed by atoms with Crippen molar-refractivity contribution in [1.29, 1.82) is 0 Å². The molecule has 0 saturated heterocycles. The molecule has 0 N–H and O–H groups in total. The van der Waals surface area contributed by atoms with Gasteiger partial charge in [-0.2, -0.15) is 0 Å². The second-order valence-corrected chi connectivity index (χ2v) is 6.35. The van der Waals surface area contributed by atoms with Gasteiger partial charge in [-0.15, -0.1) is 4.52 Å². The van der Waals surface area contributed by atoms with E-state index in [-0.39, 0.29) is 12.4 Å². The molecule has 0 radical (unpaired) electrons. The predicted molar refractivity (Wildman–Crippen MR) is 84.6 cm³/mol. The highest BCUT2D eigenvalue weighted by atomic mass is 31.1. The Morgan fingerprint density at radius 3 is 2.19 bits per heavy atom. The SMILES string of the molecule is Cc1cc(C)c(C(=O)CO[P+](=O)c2ccccc2)c(C)c1. The summed E-state index contributed by atoms with van der Waals surface area (Å²) in [5, 5.41) is 0.595. The Labute approximate surface area is 125 Å². The van der Waals surface area contributed by atoms with Crippen LogP contribution in [-0.4, -0.2) is 12.4 Å². The maximum absolute atomic E-state index is 12.3. The first-order chi connectivity index (χ1) is 9.99.